The van der Waals surface area contributed by atoms with Crippen molar-refractivity contribution < 1.29 is 17.2 Å². The lowest BCUT2D eigenvalue weighted by atomic mass is 10.1. The SMILES string of the molecule is CNS(=O)(=O)c1ccc(CN[C@@H](C)c2ccc(F)cc2)o1. The first-order valence-electron chi connectivity index (χ1n) is 6.43. The van der Waals surface area contributed by atoms with Gasteiger partial charge in [-0.15, -0.1) is 0 Å². The molecule has 2 aromatic rings. The van der Waals surface area contributed by atoms with Crippen molar-refractivity contribution in [2.75, 3.05) is 7.05 Å². The standard InChI is InChI=1S/C14H17FN2O3S/c1-10(11-3-5-12(15)6-4-11)17-9-13-7-8-14(20-13)21(18,19)16-2/h3-8,10,16-17H,9H2,1-2H3/t10-/m0/s1. The van der Waals surface area contributed by atoms with Crippen LogP contribution in [-0.2, 0) is 16.6 Å². The van der Waals surface area contributed by atoms with Crippen molar-refractivity contribution in [2.24, 2.45) is 0 Å². The predicted octanol–water partition coefficient (Wildman–Crippen LogP) is 2.18. The third-order valence-electron chi connectivity index (χ3n) is 3.12. The van der Waals surface area contributed by atoms with Gasteiger partial charge in [0.25, 0.3) is 10.0 Å². The van der Waals surface area contributed by atoms with Crippen LogP contribution < -0.4 is 10.0 Å². The molecule has 1 aromatic carbocycles. The van der Waals surface area contributed by atoms with E-state index in [-0.39, 0.29) is 17.0 Å². The molecule has 1 aromatic heterocycles. The minimum atomic E-state index is -3.56. The van der Waals surface area contributed by atoms with E-state index in [1.54, 1.807) is 18.2 Å². The van der Waals surface area contributed by atoms with Gasteiger partial charge in [0.2, 0.25) is 5.09 Å². The maximum absolute atomic E-state index is 12.9. The number of halogens is 1. The molecular formula is C14H17FN2O3S. The zero-order valence-corrected chi connectivity index (χ0v) is 12.6. The number of rotatable bonds is 6. The van der Waals surface area contributed by atoms with E-state index in [2.05, 4.69) is 10.0 Å². The molecule has 2 N–H and O–H groups in total. The van der Waals surface area contributed by atoms with Crippen molar-refractivity contribution in [3.05, 3.63) is 53.5 Å². The summed E-state index contributed by atoms with van der Waals surface area (Å²) in [6.45, 7) is 2.30. The zero-order chi connectivity index (χ0) is 15.5. The summed E-state index contributed by atoms with van der Waals surface area (Å²) < 4.78 is 43.4. The molecule has 1 heterocycles. The fourth-order valence-electron chi connectivity index (χ4n) is 1.82. The molecule has 0 unspecified atom stereocenters. The highest BCUT2D eigenvalue weighted by atomic mass is 32.2. The van der Waals surface area contributed by atoms with E-state index in [9.17, 15) is 12.8 Å². The Labute approximate surface area is 123 Å². The molecular weight excluding hydrogens is 295 g/mol. The first-order chi connectivity index (χ1) is 9.92. The van der Waals surface area contributed by atoms with Gasteiger partial charge in [0.05, 0.1) is 6.54 Å². The quantitative estimate of drug-likeness (QED) is 0.857. The summed E-state index contributed by atoms with van der Waals surface area (Å²) >= 11 is 0. The van der Waals surface area contributed by atoms with Gasteiger partial charge in [-0.05, 0) is 43.8 Å². The normalized spacial score (nSPS) is 13.3. The first-order valence-corrected chi connectivity index (χ1v) is 7.92. The Kier molecular flexibility index (Phi) is 4.76. The third kappa shape index (κ3) is 3.90. The summed E-state index contributed by atoms with van der Waals surface area (Å²) in [7, 11) is -2.23. The molecule has 7 heteroatoms. The summed E-state index contributed by atoms with van der Waals surface area (Å²) in [5.41, 5.74) is 0.936. The van der Waals surface area contributed by atoms with Crippen LogP contribution in [0.1, 0.15) is 24.3 Å². The van der Waals surface area contributed by atoms with E-state index in [0.717, 1.165) is 5.56 Å². The highest BCUT2D eigenvalue weighted by Gasteiger charge is 2.16. The molecule has 2 rings (SSSR count). The van der Waals surface area contributed by atoms with Gasteiger partial charge in [0.1, 0.15) is 11.6 Å². The van der Waals surface area contributed by atoms with Gasteiger partial charge in [0.15, 0.2) is 0 Å². The predicted molar refractivity (Wildman–Crippen MR) is 76.6 cm³/mol. The van der Waals surface area contributed by atoms with Crippen LogP contribution in [-0.4, -0.2) is 15.5 Å². The maximum Gasteiger partial charge on any atom is 0.273 e. The lowest BCUT2D eigenvalue weighted by Crippen LogP contribution is -2.18. The summed E-state index contributed by atoms with van der Waals surface area (Å²) in [6.07, 6.45) is 0. The second kappa shape index (κ2) is 6.38. The van der Waals surface area contributed by atoms with Crippen molar-refractivity contribution in [3.8, 4) is 0 Å². The van der Waals surface area contributed by atoms with Crippen LogP contribution in [0.2, 0.25) is 0 Å². The Morgan fingerprint density at radius 2 is 1.86 bits per heavy atom. The number of furan rings is 1. The van der Waals surface area contributed by atoms with Crippen molar-refractivity contribution in [1.29, 1.82) is 0 Å². The molecule has 0 saturated heterocycles. The minimum absolute atomic E-state index is 0.0138. The highest BCUT2D eigenvalue weighted by Crippen LogP contribution is 2.16. The van der Waals surface area contributed by atoms with E-state index in [4.69, 9.17) is 4.42 Å². The van der Waals surface area contributed by atoms with Crippen LogP contribution >= 0.6 is 0 Å². The van der Waals surface area contributed by atoms with Crippen LogP contribution in [0.15, 0.2) is 45.9 Å². The average Bonchev–Trinajstić information content (AvgIpc) is 2.95. The molecule has 0 spiro atoms. The second-order valence-electron chi connectivity index (χ2n) is 4.58. The van der Waals surface area contributed by atoms with Crippen LogP contribution in [0.5, 0.6) is 0 Å². The molecule has 5 nitrogen and oxygen atoms in total. The molecule has 0 amide bonds. The van der Waals surface area contributed by atoms with Gasteiger partial charge in [-0.3, -0.25) is 0 Å². The lowest BCUT2D eigenvalue weighted by Gasteiger charge is -2.13. The van der Waals surface area contributed by atoms with Crippen LogP contribution in [0.4, 0.5) is 4.39 Å². The molecule has 21 heavy (non-hydrogen) atoms. The number of benzene rings is 1. The zero-order valence-electron chi connectivity index (χ0n) is 11.8. The van der Waals surface area contributed by atoms with Gasteiger partial charge in [-0.2, -0.15) is 0 Å². The van der Waals surface area contributed by atoms with E-state index in [0.29, 0.717) is 12.3 Å². The minimum Gasteiger partial charge on any atom is -0.447 e. The Morgan fingerprint density at radius 3 is 2.48 bits per heavy atom. The molecule has 0 aliphatic rings. The fourth-order valence-corrected chi connectivity index (χ4v) is 2.49. The Balaban J connectivity index is 1.99. The molecule has 0 saturated carbocycles. The van der Waals surface area contributed by atoms with Gasteiger partial charge < -0.3 is 9.73 Å². The summed E-state index contributed by atoms with van der Waals surface area (Å²) in [5, 5.41) is 3.07. The molecule has 0 fully saturated rings. The van der Waals surface area contributed by atoms with Crippen molar-refractivity contribution >= 4 is 10.0 Å². The van der Waals surface area contributed by atoms with Crippen molar-refractivity contribution in [2.45, 2.75) is 24.6 Å². The maximum atomic E-state index is 12.9. The molecule has 1 atom stereocenters. The van der Waals surface area contributed by atoms with Crippen molar-refractivity contribution in [1.82, 2.24) is 10.0 Å². The first kappa shape index (κ1) is 15.7. The number of hydrogen-bond donors (Lipinski definition) is 2. The van der Waals surface area contributed by atoms with E-state index in [1.807, 2.05) is 6.92 Å². The molecule has 0 aliphatic carbocycles. The van der Waals surface area contributed by atoms with Crippen LogP contribution in [0, 0.1) is 5.82 Å². The van der Waals surface area contributed by atoms with Crippen molar-refractivity contribution in [3.63, 3.8) is 0 Å². The molecule has 0 bridgehead atoms. The van der Waals surface area contributed by atoms with Gasteiger partial charge >= 0.3 is 0 Å². The largest absolute Gasteiger partial charge is 0.447 e. The monoisotopic (exact) mass is 312 g/mol. The number of nitrogens with one attached hydrogen (secondary N) is 2. The summed E-state index contributed by atoms with van der Waals surface area (Å²) in [4.78, 5) is 0. The average molecular weight is 312 g/mol. The Morgan fingerprint density at radius 1 is 1.19 bits per heavy atom. The topological polar surface area (TPSA) is 71.3 Å². The summed E-state index contributed by atoms with van der Waals surface area (Å²) in [5.74, 6) is 0.233. The number of hydrogen-bond acceptors (Lipinski definition) is 4. The van der Waals surface area contributed by atoms with Gasteiger partial charge in [-0.25, -0.2) is 17.5 Å². The van der Waals surface area contributed by atoms with Gasteiger partial charge in [-0.1, -0.05) is 12.1 Å². The number of sulfonamides is 1. The van der Waals surface area contributed by atoms with E-state index in [1.165, 1.54) is 25.2 Å². The Hall–Kier alpha value is -1.70. The molecule has 0 aliphatic heterocycles. The Bertz CT molecular complexity index is 695. The van der Waals surface area contributed by atoms with E-state index >= 15 is 0 Å². The van der Waals surface area contributed by atoms with E-state index < -0.39 is 10.0 Å². The van der Waals surface area contributed by atoms with Gasteiger partial charge in [0, 0.05) is 6.04 Å². The molecule has 114 valence electrons. The molecule has 0 radical (unpaired) electrons. The van der Waals surface area contributed by atoms with Crippen LogP contribution in [0.3, 0.4) is 0 Å². The van der Waals surface area contributed by atoms with Crippen LogP contribution in [0.25, 0.3) is 0 Å². The second-order valence-corrected chi connectivity index (χ2v) is 6.40. The fraction of sp³-hybridized carbons (Fsp3) is 0.286. The highest BCUT2D eigenvalue weighted by molar-refractivity contribution is 7.89. The smallest absolute Gasteiger partial charge is 0.273 e. The lowest BCUT2D eigenvalue weighted by molar-refractivity contribution is 0.392. The summed E-state index contributed by atoms with van der Waals surface area (Å²) in [6, 6.07) is 9.20. The third-order valence-corrected chi connectivity index (χ3v) is 4.41.